The lowest BCUT2D eigenvalue weighted by Gasteiger charge is -2.15. The first kappa shape index (κ1) is 21.7. The molecule has 0 aliphatic heterocycles. The summed E-state index contributed by atoms with van der Waals surface area (Å²) in [5.74, 6) is -0.808. The number of nitrogens with zero attached hydrogens (tertiary/aromatic N) is 5. The molecule has 2 heterocycles. The van der Waals surface area contributed by atoms with Gasteiger partial charge in [0.2, 0.25) is 17.8 Å². The van der Waals surface area contributed by atoms with Gasteiger partial charge in [0.25, 0.3) is 0 Å². The van der Waals surface area contributed by atoms with Crippen LogP contribution in [0.2, 0.25) is 0 Å². The highest BCUT2D eigenvalue weighted by atomic mass is 19.4. The highest BCUT2D eigenvalue weighted by molar-refractivity contribution is 5.83. The first-order chi connectivity index (χ1) is 14.6. The van der Waals surface area contributed by atoms with Gasteiger partial charge in [-0.15, -0.1) is 5.10 Å². The SMILES string of the molecule is C[C@H](Nc1cc(-n2nc(Nc3ccc(F)cc3)nc2N)ncn1)C(=O)NCC(F)(F)F. The first-order valence-electron chi connectivity index (χ1n) is 8.79. The number of halogens is 4. The molecule has 0 radical (unpaired) electrons. The Morgan fingerprint density at radius 3 is 2.61 bits per heavy atom. The minimum Gasteiger partial charge on any atom is -0.368 e. The third kappa shape index (κ3) is 6.01. The quantitative estimate of drug-likeness (QED) is 0.411. The Bertz CT molecular complexity index is 1050. The molecule has 1 amide bonds. The van der Waals surface area contributed by atoms with Crippen LogP contribution in [-0.2, 0) is 4.79 Å². The van der Waals surface area contributed by atoms with Gasteiger partial charge in [-0.3, -0.25) is 4.79 Å². The highest BCUT2D eigenvalue weighted by Crippen LogP contribution is 2.18. The van der Waals surface area contributed by atoms with Crippen LogP contribution >= 0.6 is 0 Å². The molecule has 3 aromatic rings. The number of amides is 1. The molecule has 0 unspecified atom stereocenters. The summed E-state index contributed by atoms with van der Waals surface area (Å²) in [6.07, 6.45) is -3.35. The molecule has 5 N–H and O–H groups in total. The second kappa shape index (κ2) is 8.81. The van der Waals surface area contributed by atoms with E-state index in [1.54, 1.807) is 5.32 Å². The summed E-state index contributed by atoms with van der Waals surface area (Å²) in [4.78, 5) is 23.8. The van der Waals surface area contributed by atoms with E-state index in [4.69, 9.17) is 5.73 Å². The van der Waals surface area contributed by atoms with E-state index < -0.39 is 30.5 Å². The fraction of sp³-hybridized carbons (Fsp3) is 0.235. The molecule has 1 aromatic carbocycles. The van der Waals surface area contributed by atoms with Crippen molar-refractivity contribution in [2.24, 2.45) is 0 Å². The van der Waals surface area contributed by atoms with Crippen LogP contribution in [0, 0.1) is 5.82 Å². The number of aromatic nitrogens is 5. The summed E-state index contributed by atoms with van der Waals surface area (Å²) < 4.78 is 50.9. The number of hydrogen-bond acceptors (Lipinski definition) is 8. The van der Waals surface area contributed by atoms with Crippen molar-refractivity contribution in [3.63, 3.8) is 0 Å². The number of carbonyl (C=O) groups is 1. The summed E-state index contributed by atoms with van der Waals surface area (Å²) >= 11 is 0. The third-order valence-corrected chi connectivity index (χ3v) is 3.82. The Morgan fingerprint density at radius 1 is 1.23 bits per heavy atom. The van der Waals surface area contributed by atoms with Crippen LogP contribution in [0.15, 0.2) is 36.7 Å². The first-order valence-corrected chi connectivity index (χ1v) is 8.79. The van der Waals surface area contributed by atoms with Gasteiger partial charge in [-0.25, -0.2) is 14.4 Å². The zero-order chi connectivity index (χ0) is 22.6. The second-order valence-corrected chi connectivity index (χ2v) is 6.30. The van der Waals surface area contributed by atoms with Crippen molar-refractivity contribution in [2.75, 3.05) is 22.9 Å². The van der Waals surface area contributed by atoms with E-state index in [0.29, 0.717) is 5.69 Å². The summed E-state index contributed by atoms with van der Waals surface area (Å²) in [6.45, 7) is -0.0613. The molecule has 0 saturated carbocycles. The lowest BCUT2D eigenvalue weighted by molar-refractivity contribution is -0.138. The van der Waals surface area contributed by atoms with Crippen LogP contribution in [0.3, 0.4) is 0 Å². The fourth-order valence-corrected chi connectivity index (χ4v) is 2.38. The Balaban J connectivity index is 1.70. The van der Waals surface area contributed by atoms with Gasteiger partial charge in [0.05, 0.1) is 0 Å². The van der Waals surface area contributed by atoms with Gasteiger partial charge in [0.15, 0.2) is 5.82 Å². The summed E-state index contributed by atoms with van der Waals surface area (Å²) in [6, 6.07) is 5.89. The van der Waals surface area contributed by atoms with Crippen LogP contribution < -0.4 is 21.7 Å². The van der Waals surface area contributed by atoms with E-state index in [1.807, 2.05) is 0 Å². The lowest BCUT2D eigenvalue weighted by Crippen LogP contribution is -2.42. The van der Waals surface area contributed by atoms with Gasteiger partial charge in [-0.2, -0.15) is 22.8 Å². The normalized spacial score (nSPS) is 12.3. The summed E-state index contributed by atoms with van der Waals surface area (Å²) in [5, 5.41) is 11.5. The van der Waals surface area contributed by atoms with Crippen LogP contribution in [0.25, 0.3) is 5.82 Å². The number of nitrogens with one attached hydrogen (secondary N) is 3. The number of nitrogens with two attached hydrogens (primary N) is 1. The molecule has 164 valence electrons. The molecule has 0 aliphatic carbocycles. The molecule has 14 heteroatoms. The monoisotopic (exact) mass is 439 g/mol. The Kier molecular flexibility index (Phi) is 6.17. The van der Waals surface area contributed by atoms with Crippen molar-refractivity contribution in [3.05, 3.63) is 42.5 Å². The van der Waals surface area contributed by atoms with Crippen molar-refractivity contribution in [2.45, 2.75) is 19.1 Å². The number of carbonyl (C=O) groups excluding carboxylic acids is 1. The van der Waals surface area contributed by atoms with Gasteiger partial charge >= 0.3 is 6.18 Å². The zero-order valence-electron chi connectivity index (χ0n) is 16.0. The van der Waals surface area contributed by atoms with Crippen molar-refractivity contribution in [3.8, 4) is 5.82 Å². The number of alkyl halides is 3. The van der Waals surface area contributed by atoms with Gasteiger partial charge in [0, 0.05) is 11.8 Å². The molecular formula is C17H17F4N9O. The van der Waals surface area contributed by atoms with Crippen molar-refractivity contribution in [1.29, 1.82) is 0 Å². The molecule has 0 aliphatic rings. The standard InChI is InChI=1S/C17H17F4N9O/c1-9(14(31)23-7-17(19,20)21)26-12-6-13(25-8-24-12)30-15(22)28-16(29-30)27-11-4-2-10(18)3-5-11/h2-6,8-9H,7H2,1H3,(H,23,31)(H,24,25,26)(H3,22,27,28,29)/t9-/m0/s1. The number of benzene rings is 1. The van der Waals surface area contributed by atoms with Gasteiger partial charge in [-0.1, -0.05) is 0 Å². The van der Waals surface area contributed by atoms with Crippen molar-refractivity contribution < 1.29 is 22.4 Å². The number of hydrogen-bond donors (Lipinski definition) is 4. The van der Waals surface area contributed by atoms with E-state index in [9.17, 15) is 22.4 Å². The maximum absolute atomic E-state index is 13.0. The average molecular weight is 439 g/mol. The maximum Gasteiger partial charge on any atom is 0.405 e. The molecule has 3 rings (SSSR count). The molecule has 0 bridgehead atoms. The van der Waals surface area contributed by atoms with E-state index in [-0.39, 0.29) is 23.5 Å². The van der Waals surface area contributed by atoms with Gasteiger partial charge in [-0.05, 0) is 31.2 Å². The van der Waals surface area contributed by atoms with Gasteiger partial charge in [0.1, 0.15) is 30.5 Å². The summed E-state index contributed by atoms with van der Waals surface area (Å²) in [5.41, 5.74) is 6.40. The Labute approximate surface area is 172 Å². The lowest BCUT2D eigenvalue weighted by atomic mass is 10.3. The van der Waals surface area contributed by atoms with Crippen molar-refractivity contribution >= 4 is 29.3 Å². The van der Waals surface area contributed by atoms with E-state index in [2.05, 4.69) is 30.7 Å². The second-order valence-electron chi connectivity index (χ2n) is 6.30. The molecular weight excluding hydrogens is 422 g/mol. The summed E-state index contributed by atoms with van der Waals surface area (Å²) in [7, 11) is 0. The molecule has 0 fully saturated rings. The Hall–Kier alpha value is -3.97. The minimum absolute atomic E-state index is 0.0229. The molecule has 31 heavy (non-hydrogen) atoms. The minimum atomic E-state index is -4.51. The smallest absolute Gasteiger partial charge is 0.368 e. The number of nitrogen functional groups attached to an aromatic ring is 1. The molecule has 10 nitrogen and oxygen atoms in total. The van der Waals surface area contributed by atoms with Crippen LogP contribution in [0.1, 0.15) is 6.92 Å². The van der Waals surface area contributed by atoms with E-state index in [1.165, 1.54) is 41.9 Å². The predicted molar refractivity (Wildman–Crippen MR) is 103 cm³/mol. The zero-order valence-corrected chi connectivity index (χ0v) is 16.0. The van der Waals surface area contributed by atoms with E-state index >= 15 is 0 Å². The van der Waals surface area contributed by atoms with Crippen LogP contribution in [-0.4, -0.2) is 49.4 Å². The molecule has 0 saturated heterocycles. The third-order valence-electron chi connectivity index (χ3n) is 3.82. The topological polar surface area (TPSA) is 136 Å². The predicted octanol–water partition coefficient (Wildman–Crippen LogP) is 2.00. The van der Waals surface area contributed by atoms with E-state index in [0.717, 1.165) is 6.33 Å². The maximum atomic E-state index is 13.0. The number of rotatable bonds is 7. The Morgan fingerprint density at radius 2 is 1.94 bits per heavy atom. The molecule has 0 spiro atoms. The number of anilines is 4. The van der Waals surface area contributed by atoms with Gasteiger partial charge < -0.3 is 21.7 Å². The van der Waals surface area contributed by atoms with Crippen LogP contribution in [0.4, 0.5) is 41.0 Å². The molecule has 1 atom stereocenters. The molecule has 2 aromatic heterocycles. The fourth-order valence-electron chi connectivity index (χ4n) is 2.38. The van der Waals surface area contributed by atoms with Crippen molar-refractivity contribution in [1.82, 2.24) is 30.0 Å². The average Bonchev–Trinajstić information content (AvgIpc) is 3.07. The van der Waals surface area contributed by atoms with Crippen LogP contribution in [0.5, 0.6) is 0 Å². The largest absolute Gasteiger partial charge is 0.405 e. The highest BCUT2D eigenvalue weighted by Gasteiger charge is 2.28.